The maximum atomic E-state index is 5.29. The SMILES string of the molecule is S=c1cc(C2CCCC2)[nH]c(-c2ccc(Br)s2)n1. The lowest BCUT2D eigenvalue weighted by atomic mass is 10.0. The number of halogens is 1. The molecule has 1 fully saturated rings. The van der Waals surface area contributed by atoms with Gasteiger partial charge in [-0.15, -0.1) is 11.3 Å². The Morgan fingerprint density at radius 1 is 1.33 bits per heavy atom. The van der Waals surface area contributed by atoms with E-state index in [1.54, 1.807) is 11.3 Å². The third kappa shape index (κ3) is 2.58. The van der Waals surface area contributed by atoms with Gasteiger partial charge < -0.3 is 4.98 Å². The first kappa shape index (κ1) is 12.5. The third-order valence-electron chi connectivity index (χ3n) is 3.37. The molecule has 1 aliphatic carbocycles. The summed E-state index contributed by atoms with van der Waals surface area (Å²) in [6.45, 7) is 0. The molecule has 5 heteroatoms. The van der Waals surface area contributed by atoms with Gasteiger partial charge in [0.2, 0.25) is 0 Å². The molecule has 0 radical (unpaired) electrons. The summed E-state index contributed by atoms with van der Waals surface area (Å²) >= 11 is 10.5. The van der Waals surface area contributed by atoms with Crippen LogP contribution in [-0.2, 0) is 0 Å². The molecule has 0 atom stereocenters. The van der Waals surface area contributed by atoms with Crippen molar-refractivity contribution in [2.24, 2.45) is 0 Å². The molecule has 3 rings (SSSR count). The maximum absolute atomic E-state index is 5.29. The van der Waals surface area contributed by atoms with Gasteiger partial charge in [-0.05, 0) is 52.9 Å². The van der Waals surface area contributed by atoms with Crippen molar-refractivity contribution < 1.29 is 0 Å². The predicted octanol–water partition coefficient (Wildman–Crippen LogP) is 5.29. The fourth-order valence-corrected chi connectivity index (χ4v) is 4.04. The zero-order valence-electron chi connectivity index (χ0n) is 9.78. The Kier molecular flexibility index (Phi) is 3.63. The number of rotatable bonds is 2. The first-order valence-electron chi connectivity index (χ1n) is 6.09. The first-order chi connectivity index (χ1) is 8.72. The molecule has 2 heterocycles. The quantitative estimate of drug-likeness (QED) is 0.752. The van der Waals surface area contributed by atoms with E-state index in [4.69, 9.17) is 12.2 Å². The molecule has 0 bridgehead atoms. The van der Waals surface area contributed by atoms with E-state index in [-0.39, 0.29) is 0 Å². The lowest BCUT2D eigenvalue weighted by Gasteiger charge is -2.10. The van der Waals surface area contributed by atoms with E-state index in [1.807, 2.05) is 12.1 Å². The van der Waals surface area contributed by atoms with Crippen molar-refractivity contribution in [2.75, 3.05) is 0 Å². The second kappa shape index (κ2) is 5.23. The van der Waals surface area contributed by atoms with Gasteiger partial charge in [0.1, 0.15) is 10.5 Å². The summed E-state index contributed by atoms with van der Waals surface area (Å²) in [5, 5.41) is 0. The van der Waals surface area contributed by atoms with E-state index in [9.17, 15) is 0 Å². The van der Waals surface area contributed by atoms with Crippen LogP contribution in [0.15, 0.2) is 22.0 Å². The predicted molar refractivity (Wildman–Crippen MR) is 81.6 cm³/mol. The van der Waals surface area contributed by atoms with Gasteiger partial charge in [-0.25, -0.2) is 4.98 Å². The largest absolute Gasteiger partial charge is 0.342 e. The van der Waals surface area contributed by atoms with Gasteiger partial charge in [0.05, 0.1) is 8.66 Å². The van der Waals surface area contributed by atoms with Gasteiger partial charge in [0, 0.05) is 5.69 Å². The number of H-pyrrole nitrogens is 1. The minimum Gasteiger partial charge on any atom is -0.342 e. The highest BCUT2D eigenvalue weighted by atomic mass is 79.9. The molecule has 0 amide bonds. The number of hydrogen-bond donors (Lipinski definition) is 1. The van der Waals surface area contributed by atoms with Crippen molar-refractivity contribution in [1.82, 2.24) is 9.97 Å². The Labute approximate surface area is 124 Å². The van der Waals surface area contributed by atoms with Crippen LogP contribution in [0.2, 0.25) is 0 Å². The number of aromatic nitrogens is 2. The van der Waals surface area contributed by atoms with Gasteiger partial charge in [-0.3, -0.25) is 0 Å². The third-order valence-corrected chi connectivity index (χ3v) is 5.20. The molecule has 94 valence electrons. The van der Waals surface area contributed by atoms with Gasteiger partial charge in [-0.1, -0.05) is 25.1 Å². The lowest BCUT2D eigenvalue weighted by molar-refractivity contribution is 0.695. The van der Waals surface area contributed by atoms with Crippen molar-refractivity contribution in [1.29, 1.82) is 0 Å². The lowest BCUT2D eigenvalue weighted by Crippen LogP contribution is -1.99. The molecule has 0 aromatic carbocycles. The van der Waals surface area contributed by atoms with Crippen molar-refractivity contribution in [3.8, 4) is 10.7 Å². The standard InChI is InChI=1S/C13H13BrN2S2/c14-11-6-5-10(18-11)13-15-9(7-12(17)16-13)8-3-1-2-4-8/h5-8H,1-4H2,(H,15,16,17). The number of hydrogen-bond acceptors (Lipinski definition) is 3. The second-order valence-corrected chi connectivity index (χ2v) is 7.49. The van der Waals surface area contributed by atoms with E-state index < -0.39 is 0 Å². The van der Waals surface area contributed by atoms with Gasteiger partial charge >= 0.3 is 0 Å². The molecule has 1 saturated carbocycles. The zero-order valence-corrected chi connectivity index (χ0v) is 13.0. The Bertz CT molecular complexity index is 611. The second-order valence-electron chi connectivity index (χ2n) is 4.61. The molecule has 0 spiro atoms. The van der Waals surface area contributed by atoms with E-state index in [0.29, 0.717) is 10.6 Å². The number of nitrogens with zero attached hydrogens (tertiary/aromatic N) is 1. The maximum Gasteiger partial charge on any atom is 0.149 e. The normalized spacial score (nSPS) is 16.3. The zero-order chi connectivity index (χ0) is 12.5. The molecule has 1 N–H and O–H groups in total. The topological polar surface area (TPSA) is 28.7 Å². The minimum atomic E-state index is 0.636. The van der Waals surface area contributed by atoms with Crippen molar-refractivity contribution >= 4 is 39.5 Å². The highest BCUT2D eigenvalue weighted by Crippen LogP contribution is 2.35. The van der Waals surface area contributed by atoms with Crippen LogP contribution in [0, 0.1) is 4.64 Å². The average molecular weight is 341 g/mol. The fraction of sp³-hybridized carbons (Fsp3) is 0.385. The van der Waals surface area contributed by atoms with Crippen LogP contribution in [0.25, 0.3) is 10.7 Å². The van der Waals surface area contributed by atoms with Crippen molar-refractivity contribution in [3.05, 3.63) is 32.3 Å². The summed E-state index contributed by atoms with van der Waals surface area (Å²) < 4.78 is 1.81. The molecule has 0 unspecified atom stereocenters. The molecule has 18 heavy (non-hydrogen) atoms. The molecule has 0 aliphatic heterocycles. The summed E-state index contributed by atoms with van der Waals surface area (Å²) in [6.07, 6.45) is 5.19. The molecule has 2 nitrogen and oxygen atoms in total. The van der Waals surface area contributed by atoms with Crippen molar-refractivity contribution in [3.63, 3.8) is 0 Å². The average Bonchev–Trinajstić information content (AvgIpc) is 2.98. The van der Waals surface area contributed by atoms with E-state index in [2.05, 4.69) is 32.0 Å². The van der Waals surface area contributed by atoms with E-state index in [1.165, 1.54) is 31.4 Å². The Hall–Kier alpha value is -0.520. The van der Waals surface area contributed by atoms with Gasteiger partial charge in [-0.2, -0.15) is 0 Å². The summed E-state index contributed by atoms with van der Waals surface area (Å²) in [5.41, 5.74) is 1.26. The highest BCUT2D eigenvalue weighted by molar-refractivity contribution is 9.11. The van der Waals surface area contributed by atoms with Gasteiger partial charge in [0.25, 0.3) is 0 Å². The minimum absolute atomic E-state index is 0.636. The summed E-state index contributed by atoms with van der Waals surface area (Å²) in [4.78, 5) is 9.04. The summed E-state index contributed by atoms with van der Waals surface area (Å²) in [7, 11) is 0. The van der Waals surface area contributed by atoms with Crippen molar-refractivity contribution in [2.45, 2.75) is 31.6 Å². The van der Waals surface area contributed by atoms with Crippen LogP contribution in [0.3, 0.4) is 0 Å². The number of thiophene rings is 1. The van der Waals surface area contributed by atoms with Gasteiger partial charge in [0.15, 0.2) is 0 Å². The van der Waals surface area contributed by atoms with Crippen LogP contribution in [0.1, 0.15) is 37.3 Å². The van der Waals surface area contributed by atoms with E-state index in [0.717, 1.165) is 14.5 Å². The smallest absolute Gasteiger partial charge is 0.149 e. The Balaban J connectivity index is 2.02. The Morgan fingerprint density at radius 2 is 2.11 bits per heavy atom. The van der Waals surface area contributed by atoms with Crippen LogP contribution in [0.4, 0.5) is 0 Å². The number of aromatic amines is 1. The number of nitrogens with one attached hydrogen (secondary N) is 1. The molecular formula is C13H13BrN2S2. The van der Waals surface area contributed by atoms with Crippen LogP contribution in [-0.4, -0.2) is 9.97 Å². The first-order valence-corrected chi connectivity index (χ1v) is 8.11. The van der Waals surface area contributed by atoms with Crippen LogP contribution < -0.4 is 0 Å². The van der Waals surface area contributed by atoms with Crippen LogP contribution in [0.5, 0.6) is 0 Å². The molecule has 2 aromatic heterocycles. The van der Waals surface area contributed by atoms with Crippen LogP contribution >= 0.6 is 39.5 Å². The molecule has 1 aliphatic rings. The summed E-state index contributed by atoms with van der Waals surface area (Å²) in [6, 6.07) is 6.14. The fourth-order valence-electron chi connectivity index (χ4n) is 2.49. The molecular weight excluding hydrogens is 328 g/mol. The summed E-state index contributed by atoms with van der Waals surface area (Å²) in [5.74, 6) is 1.54. The monoisotopic (exact) mass is 340 g/mol. The molecule has 0 saturated heterocycles. The molecule has 2 aromatic rings. The Morgan fingerprint density at radius 3 is 2.78 bits per heavy atom. The highest BCUT2D eigenvalue weighted by Gasteiger charge is 2.18. The van der Waals surface area contributed by atoms with E-state index >= 15 is 0 Å².